The molecule has 0 aromatic heterocycles. The fourth-order valence-corrected chi connectivity index (χ4v) is 1.16. The highest BCUT2D eigenvalue weighted by atomic mass is 16.4. The summed E-state index contributed by atoms with van der Waals surface area (Å²) in [5, 5.41) is 18.2. The molecule has 0 aliphatic heterocycles. The van der Waals surface area contributed by atoms with Crippen LogP contribution in [0.25, 0.3) is 0 Å². The number of aryl methyl sites for hydroxylation is 1. The summed E-state index contributed by atoms with van der Waals surface area (Å²) in [5.41, 5.74) is 5.87. The second kappa shape index (κ2) is 3.35. The van der Waals surface area contributed by atoms with Crippen LogP contribution in [0.3, 0.4) is 0 Å². The molecule has 4 N–H and O–H groups in total. The van der Waals surface area contributed by atoms with Crippen LogP contribution < -0.4 is 5.73 Å². The van der Waals surface area contributed by atoms with Gasteiger partial charge in [-0.25, -0.2) is 4.79 Å². The minimum absolute atomic E-state index is 0.0854. The first-order chi connectivity index (χ1) is 6.07. The zero-order chi connectivity index (χ0) is 10.0. The van der Waals surface area contributed by atoms with Gasteiger partial charge in [0.25, 0.3) is 0 Å². The lowest BCUT2D eigenvalue weighted by atomic mass is 10.1. The van der Waals surface area contributed by atoms with Crippen molar-refractivity contribution in [3.8, 4) is 5.75 Å². The Morgan fingerprint density at radius 2 is 2.15 bits per heavy atom. The van der Waals surface area contributed by atoms with E-state index in [0.29, 0.717) is 12.0 Å². The Labute approximate surface area is 75.6 Å². The third kappa shape index (κ3) is 1.56. The first-order valence-electron chi connectivity index (χ1n) is 3.91. The molecule has 0 saturated carbocycles. The van der Waals surface area contributed by atoms with E-state index < -0.39 is 5.97 Å². The maximum Gasteiger partial charge on any atom is 0.341 e. The molecule has 0 bridgehead atoms. The van der Waals surface area contributed by atoms with Crippen molar-refractivity contribution in [1.82, 2.24) is 0 Å². The fourth-order valence-electron chi connectivity index (χ4n) is 1.16. The van der Waals surface area contributed by atoms with Crippen molar-refractivity contribution >= 4 is 11.7 Å². The van der Waals surface area contributed by atoms with Gasteiger partial charge in [-0.05, 0) is 18.1 Å². The molecule has 4 heteroatoms. The van der Waals surface area contributed by atoms with Gasteiger partial charge < -0.3 is 15.9 Å². The van der Waals surface area contributed by atoms with Crippen LogP contribution in [-0.4, -0.2) is 16.2 Å². The number of carbonyl (C=O) groups is 1. The number of carboxylic acids is 1. The third-order valence-corrected chi connectivity index (χ3v) is 1.89. The van der Waals surface area contributed by atoms with Crippen LogP contribution in [0.5, 0.6) is 5.75 Å². The van der Waals surface area contributed by atoms with Gasteiger partial charge in [0.2, 0.25) is 0 Å². The second-order valence-electron chi connectivity index (χ2n) is 2.70. The third-order valence-electron chi connectivity index (χ3n) is 1.89. The summed E-state index contributed by atoms with van der Waals surface area (Å²) in [5.74, 6) is -1.43. The number of hydrogen-bond donors (Lipinski definition) is 3. The van der Waals surface area contributed by atoms with Crippen molar-refractivity contribution in [3.63, 3.8) is 0 Å². The molecule has 0 saturated heterocycles. The van der Waals surface area contributed by atoms with E-state index in [1.165, 1.54) is 6.07 Å². The zero-order valence-corrected chi connectivity index (χ0v) is 7.24. The number of carboxylic acid groups (broad SMARTS) is 1. The number of hydrogen-bond acceptors (Lipinski definition) is 3. The summed E-state index contributed by atoms with van der Waals surface area (Å²) in [6.45, 7) is 1.83. The van der Waals surface area contributed by atoms with E-state index in [9.17, 15) is 9.90 Å². The first-order valence-corrected chi connectivity index (χ1v) is 3.91. The Bertz CT molecular complexity index is 347. The maximum absolute atomic E-state index is 10.7. The number of rotatable bonds is 2. The molecular weight excluding hydrogens is 170 g/mol. The normalized spacial score (nSPS) is 9.92. The van der Waals surface area contributed by atoms with Crippen molar-refractivity contribution in [2.24, 2.45) is 0 Å². The predicted molar refractivity (Wildman–Crippen MR) is 48.9 cm³/mol. The topological polar surface area (TPSA) is 83.6 Å². The number of nitrogens with two attached hydrogens (primary N) is 1. The van der Waals surface area contributed by atoms with Crippen LogP contribution in [0.15, 0.2) is 12.1 Å². The Morgan fingerprint density at radius 3 is 2.62 bits per heavy atom. The summed E-state index contributed by atoms with van der Waals surface area (Å²) in [4.78, 5) is 10.7. The van der Waals surface area contributed by atoms with Gasteiger partial charge in [-0.2, -0.15) is 0 Å². The first kappa shape index (κ1) is 9.38. The van der Waals surface area contributed by atoms with E-state index in [1.807, 2.05) is 6.92 Å². The maximum atomic E-state index is 10.7. The van der Waals surface area contributed by atoms with Crippen LogP contribution >= 0.6 is 0 Å². The Balaban J connectivity index is 3.38. The fraction of sp³-hybridized carbons (Fsp3) is 0.222. The van der Waals surface area contributed by atoms with E-state index in [2.05, 4.69) is 0 Å². The number of aromatic carboxylic acids is 1. The van der Waals surface area contributed by atoms with Gasteiger partial charge >= 0.3 is 5.97 Å². The molecule has 0 fully saturated rings. The molecule has 1 aromatic rings. The highest BCUT2D eigenvalue weighted by Gasteiger charge is 2.15. The van der Waals surface area contributed by atoms with Gasteiger partial charge in [-0.1, -0.05) is 13.0 Å². The van der Waals surface area contributed by atoms with E-state index in [1.54, 1.807) is 6.07 Å². The molecule has 1 rings (SSSR count). The van der Waals surface area contributed by atoms with Crippen molar-refractivity contribution in [1.29, 1.82) is 0 Å². The lowest BCUT2D eigenvalue weighted by Crippen LogP contribution is -2.04. The van der Waals surface area contributed by atoms with Crippen molar-refractivity contribution in [2.75, 3.05) is 5.73 Å². The molecule has 0 radical (unpaired) electrons. The molecule has 70 valence electrons. The van der Waals surface area contributed by atoms with E-state index in [4.69, 9.17) is 10.8 Å². The molecule has 1 aromatic carbocycles. The van der Waals surface area contributed by atoms with Gasteiger partial charge in [0.1, 0.15) is 11.3 Å². The SMILES string of the molecule is CCc1ccc(N)c(C(=O)O)c1O. The van der Waals surface area contributed by atoms with E-state index >= 15 is 0 Å². The molecule has 13 heavy (non-hydrogen) atoms. The molecule has 4 nitrogen and oxygen atoms in total. The molecular formula is C9H11NO3. The second-order valence-corrected chi connectivity index (χ2v) is 2.70. The van der Waals surface area contributed by atoms with Crippen LogP contribution in [0.2, 0.25) is 0 Å². The van der Waals surface area contributed by atoms with Crippen molar-refractivity contribution in [3.05, 3.63) is 23.3 Å². The molecule has 0 unspecified atom stereocenters. The van der Waals surface area contributed by atoms with Crippen molar-refractivity contribution < 1.29 is 15.0 Å². The molecule has 0 heterocycles. The number of phenols is 1. The standard InChI is InChI=1S/C9H11NO3/c1-2-5-3-4-6(10)7(8(5)11)9(12)13/h3-4,11H,2,10H2,1H3,(H,12,13). The molecule has 0 aliphatic carbocycles. The van der Waals surface area contributed by atoms with Crippen LogP contribution in [0.1, 0.15) is 22.8 Å². The summed E-state index contributed by atoms with van der Waals surface area (Å²) in [7, 11) is 0. The van der Waals surface area contributed by atoms with Crippen molar-refractivity contribution in [2.45, 2.75) is 13.3 Å². The predicted octanol–water partition coefficient (Wildman–Crippen LogP) is 1.23. The Morgan fingerprint density at radius 1 is 1.54 bits per heavy atom. The number of nitrogen functional groups attached to an aromatic ring is 1. The van der Waals surface area contributed by atoms with E-state index in [-0.39, 0.29) is 17.0 Å². The number of aromatic hydroxyl groups is 1. The molecule has 0 atom stereocenters. The minimum Gasteiger partial charge on any atom is -0.507 e. The monoisotopic (exact) mass is 181 g/mol. The highest BCUT2D eigenvalue weighted by molar-refractivity contribution is 5.97. The van der Waals surface area contributed by atoms with Gasteiger partial charge in [0, 0.05) is 5.69 Å². The lowest BCUT2D eigenvalue weighted by Gasteiger charge is -2.07. The average molecular weight is 181 g/mol. The number of benzene rings is 1. The van der Waals surface area contributed by atoms with E-state index in [0.717, 1.165) is 0 Å². The zero-order valence-electron chi connectivity index (χ0n) is 7.24. The van der Waals surface area contributed by atoms with Gasteiger partial charge in [0.15, 0.2) is 0 Å². The Hall–Kier alpha value is -1.71. The molecule has 0 aliphatic rings. The highest BCUT2D eigenvalue weighted by Crippen LogP contribution is 2.27. The Kier molecular flexibility index (Phi) is 2.41. The summed E-state index contributed by atoms with van der Waals surface area (Å²) in [6, 6.07) is 3.11. The quantitative estimate of drug-likeness (QED) is 0.599. The average Bonchev–Trinajstić information content (AvgIpc) is 2.04. The van der Waals surface area contributed by atoms with Gasteiger partial charge in [-0.15, -0.1) is 0 Å². The molecule has 0 spiro atoms. The van der Waals surface area contributed by atoms with Gasteiger partial charge in [-0.3, -0.25) is 0 Å². The van der Waals surface area contributed by atoms with Crippen LogP contribution in [-0.2, 0) is 6.42 Å². The molecule has 0 amide bonds. The van der Waals surface area contributed by atoms with Crippen LogP contribution in [0, 0.1) is 0 Å². The minimum atomic E-state index is -1.20. The lowest BCUT2D eigenvalue weighted by molar-refractivity contribution is 0.0695. The summed E-state index contributed by atoms with van der Waals surface area (Å²) in [6.07, 6.45) is 0.576. The number of anilines is 1. The van der Waals surface area contributed by atoms with Crippen LogP contribution in [0.4, 0.5) is 5.69 Å². The summed E-state index contributed by atoms with van der Waals surface area (Å²) < 4.78 is 0. The smallest absolute Gasteiger partial charge is 0.341 e. The van der Waals surface area contributed by atoms with Gasteiger partial charge in [0.05, 0.1) is 0 Å². The largest absolute Gasteiger partial charge is 0.507 e. The summed E-state index contributed by atoms with van der Waals surface area (Å²) >= 11 is 0.